The van der Waals surface area contributed by atoms with E-state index in [1.54, 1.807) is 12.1 Å². The molecule has 0 bridgehead atoms. The maximum Gasteiger partial charge on any atom is 0.224 e. The number of rotatable bonds is 7. The van der Waals surface area contributed by atoms with Crippen LogP contribution in [0.3, 0.4) is 0 Å². The molecule has 0 radical (unpaired) electrons. The van der Waals surface area contributed by atoms with Gasteiger partial charge in [-0.2, -0.15) is 10.2 Å². The van der Waals surface area contributed by atoms with Crippen LogP contribution in [0.25, 0.3) is 0 Å². The minimum absolute atomic E-state index is 0.106. The van der Waals surface area contributed by atoms with E-state index in [1.807, 2.05) is 0 Å². The van der Waals surface area contributed by atoms with E-state index in [-0.39, 0.29) is 11.7 Å². The van der Waals surface area contributed by atoms with Crippen LogP contribution in [0, 0.1) is 18.2 Å². The molecule has 3 rings (SSSR count). The summed E-state index contributed by atoms with van der Waals surface area (Å²) in [5, 5.41) is 10.8. The Kier molecular flexibility index (Phi) is 3.93. The highest BCUT2D eigenvalue weighted by atomic mass is 19.1. The van der Waals surface area contributed by atoms with Gasteiger partial charge in [0.15, 0.2) is 5.66 Å². The van der Waals surface area contributed by atoms with Gasteiger partial charge in [-0.05, 0) is 42.5 Å². The highest BCUT2D eigenvalue weighted by Crippen LogP contribution is 2.42. The van der Waals surface area contributed by atoms with E-state index in [0.717, 1.165) is 12.8 Å². The number of halogens is 1. The number of amides is 1. The molecule has 1 aromatic rings. The van der Waals surface area contributed by atoms with Gasteiger partial charge in [0.2, 0.25) is 5.91 Å². The summed E-state index contributed by atoms with van der Waals surface area (Å²) < 4.78 is 13.7. The van der Waals surface area contributed by atoms with Crippen molar-refractivity contribution < 1.29 is 9.18 Å². The van der Waals surface area contributed by atoms with Gasteiger partial charge < -0.3 is 5.32 Å². The maximum absolute atomic E-state index is 13.7. The highest BCUT2D eigenvalue weighted by Gasteiger charge is 2.39. The lowest BCUT2D eigenvalue weighted by atomic mass is 10.0. The van der Waals surface area contributed by atoms with Crippen LogP contribution in [0.5, 0.6) is 0 Å². The van der Waals surface area contributed by atoms with Gasteiger partial charge in [0.05, 0.1) is 0 Å². The average Bonchev–Trinajstić information content (AvgIpc) is 3.40. The zero-order valence-corrected chi connectivity index (χ0v) is 12.3. The molecular formula is C17H18FN3O. The van der Waals surface area contributed by atoms with Crippen molar-refractivity contribution in [2.45, 2.75) is 50.1 Å². The van der Waals surface area contributed by atoms with E-state index in [4.69, 9.17) is 6.42 Å². The molecule has 0 aromatic heterocycles. The third-order valence-corrected chi connectivity index (χ3v) is 4.10. The van der Waals surface area contributed by atoms with Gasteiger partial charge in [-0.3, -0.25) is 4.79 Å². The molecule has 1 fully saturated rings. The molecule has 5 heteroatoms. The van der Waals surface area contributed by atoms with Crippen molar-refractivity contribution in [2.24, 2.45) is 10.2 Å². The molecule has 2 aliphatic rings. The van der Waals surface area contributed by atoms with Crippen molar-refractivity contribution in [3.05, 3.63) is 29.6 Å². The SMILES string of the molecule is C#CCCC1(CCC(=O)Nc2ccc(F)c(C3CC3)c2)N=N1. The largest absolute Gasteiger partial charge is 0.326 e. The van der Waals surface area contributed by atoms with E-state index in [9.17, 15) is 9.18 Å². The number of hydrogen-bond acceptors (Lipinski definition) is 3. The van der Waals surface area contributed by atoms with Crippen LogP contribution in [0.2, 0.25) is 0 Å². The van der Waals surface area contributed by atoms with Gasteiger partial charge in [0.25, 0.3) is 0 Å². The first-order valence-electron chi connectivity index (χ1n) is 7.59. The first-order chi connectivity index (χ1) is 10.6. The molecular weight excluding hydrogens is 281 g/mol. The summed E-state index contributed by atoms with van der Waals surface area (Å²) in [7, 11) is 0. The molecule has 1 aromatic carbocycles. The number of nitrogens with one attached hydrogen (secondary N) is 1. The lowest BCUT2D eigenvalue weighted by Crippen LogP contribution is -2.17. The second kappa shape index (κ2) is 5.88. The fourth-order valence-corrected chi connectivity index (χ4v) is 2.53. The zero-order chi connectivity index (χ0) is 15.6. The summed E-state index contributed by atoms with van der Waals surface area (Å²) in [6.07, 6.45) is 9.48. The van der Waals surface area contributed by atoms with Crippen molar-refractivity contribution in [1.82, 2.24) is 0 Å². The van der Waals surface area contributed by atoms with Crippen LogP contribution in [-0.4, -0.2) is 11.6 Å². The van der Waals surface area contributed by atoms with E-state index in [0.29, 0.717) is 42.9 Å². The Morgan fingerprint density at radius 1 is 1.41 bits per heavy atom. The molecule has 1 aliphatic heterocycles. The third-order valence-electron chi connectivity index (χ3n) is 4.10. The number of nitrogens with zero attached hydrogens (tertiary/aromatic N) is 2. The maximum atomic E-state index is 13.7. The predicted molar refractivity (Wildman–Crippen MR) is 81.9 cm³/mol. The molecule has 114 valence electrons. The first kappa shape index (κ1) is 14.7. The van der Waals surface area contributed by atoms with Gasteiger partial charge >= 0.3 is 0 Å². The van der Waals surface area contributed by atoms with Crippen molar-refractivity contribution in [3.8, 4) is 12.3 Å². The average molecular weight is 299 g/mol. The number of carbonyl (C=O) groups is 1. The lowest BCUT2D eigenvalue weighted by Gasteiger charge is -2.10. The van der Waals surface area contributed by atoms with Crippen molar-refractivity contribution in [3.63, 3.8) is 0 Å². The van der Waals surface area contributed by atoms with Crippen molar-refractivity contribution in [2.75, 3.05) is 5.32 Å². The molecule has 0 spiro atoms. The molecule has 0 saturated heterocycles. The van der Waals surface area contributed by atoms with Crippen LogP contribution in [0.4, 0.5) is 10.1 Å². The zero-order valence-electron chi connectivity index (χ0n) is 12.3. The van der Waals surface area contributed by atoms with Gasteiger partial charge in [0, 0.05) is 31.4 Å². The lowest BCUT2D eigenvalue weighted by molar-refractivity contribution is -0.116. The molecule has 4 nitrogen and oxygen atoms in total. The Labute approximate surface area is 129 Å². The van der Waals surface area contributed by atoms with E-state index < -0.39 is 5.66 Å². The normalized spacial score (nSPS) is 17.8. The number of benzene rings is 1. The van der Waals surface area contributed by atoms with E-state index in [2.05, 4.69) is 21.5 Å². The standard InChI is InChI=1S/C17H18FN3O/c1-2-3-9-17(20-21-17)10-8-16(22)19-13-6-7-15(18)14(11-13)12-4-5-12/h1,6-7,11-12H,3-5,8-10H2,(H,19,22). The van der Waals surface area contributed by atoms with Gasteiger partial charge in [-0.15, -0.1) is 12.3 Å². The van der Waals surface area contributed by atoms with E-state index >= 15 is 0 Å². The summed E-state index contributed by atoms with van der Waals surface area (Å²) in [4.78, 5) is 12.0. The monoisotopic (exact) mass is 299 g/mol. The Morgan fingerprint density at radius 3 is 2.82 bits per heavy atom. The predicted octanol–water partition coefficient (Wildman–Crippen LogP) is 4.00. The van der Waals surface area contributed by atoms with Gasteiger partial charge in [0.1, 0.15) is 5.82 Å². The van der Waals surface area contributed by atoms with Crippen LogP contribution < -0.4 is 5.32 Å². The topological polar surface area (TPSA) is 53.8 Å². The van der Waals surface area contributed by atoms with Crippen LogP contribution in [0.1, 0.15) is 50.0 Å². The summed E-state index contributed by atoms with van der Waals surface area (Å²) >= 11 is 0. The van der Waals surface area contributed by atoms with Crippen LogP contribution in [-0.2, 0) is 4.79 Å². The summed E-state index contributed by atoms with van der Waals surface area (Å²) in [5.41, 5.74) is 0.914. The number of terminal acetylenes is 1. The first-order valence-corrected chi connectivity index (χ1v) is 7.59. The Hall–Kier alpha value is -2.22. The summed E-state index contributed by atoms with van der Waals surface area (Å²) in [5.74, 6) is 2.58. The Bertz CT molecular complexity index is 652. The molecule has 0 unspecified atom stereocenters. The minimum Gasteiger partial charge on any atom is -0.326 e. The second-order valence-electron chi connectivity index (χ2n) is 5.95. The quantitative estimate of drug-likeness (QED) is 0.760. The third kappa shape index (κ3) is 3.51. The van der Waals surface area contributed by atoms with Crippen LogP contribution in [0.15, 0.2) is 28.4 Å². The summed E-state index contributed by atoms with van der Waals surface area (Å²) in [6.45, 7) is 0. The Morgan fingerprint density at radius 2 is 2.18 bits per heavy atom. The molecule has 0 atom stereocenters. The van der Waals surface area contributed by atoms with Gasteiger partial charge in [-0.1, -0.05) is 0 Å². The van der Waals surface area contributed by atoms with E-state index in [1.165, 1.54) is 6.07 Å². The van der Waals surface area contributed by atoms with Crippen molar-refractivity contribution >= 4 is 11.6 Å². The smallest absolute Gasteiger partial charge is 0.224 e. The molecule has 1 saturated carbocycles. The Balaban J connectivity index is 1.52. The molecule has 22 heavy (non-hydrogen) atoms. The molecule has 1 heterocycles. The summed E-state index contributed by atoms with van der Waals surface area (Å²) in [6, 6.07) is 4.76. The number of hydrogen-bond donors (Lipinski definition) is 1. The minimum atomic E-state index is -0.439. The number of carbonyl (C=O) groups excluding carboxylic acids is 1. The molecule has 1 aliphatic carbocycles. The second-order valence-corrected chi connectivity index (χ2v) is 5.95. The van der Waals surface area contributed by atoms with Crippen LogP contribution >= 0.6 is 0 Å². The number of anilines is 1. The highest BCUT2D eigenvalue weighted by molar-refractivity contribution is 5.90. The fraction of sp³-hybridized carbons (Fsp3) is 0.471. The van der Waals surface area contributed by atoms with Gasteiger partial charge in [-0.25, -0.2) is 4.39 Å². The molecule has 1 amide bonds. The molecule has 1 N–H and O–H groups in total. The van der Waals surface area contributed by atoms with Crippen molar-refractivity contribution in [1.29, 1.82) is 0 Å². The fourth-order valence-electron chi connectivity index (χ4n) is 2.53.